The Bertz CT molecular complexity index is 596. The second-order valence-corrected chi connectivity index (χ2v) is 6.70. The Morgan fingerprint density at radius 1 is 1.30 bits per heavy atom. The van der Waals surface area contributed by atoms with Crippen molar-refractivity contribution < 1.29 is 14.7 Å². The van der Waals surface area contributed by atoms with Gasteiger partial charge in [0.1, 0.15) is 0 Å². The molecule has 5 nitrogen and oxygen atoms in total. The summed E-state index contributed by atoms with van der Waals surface area (Å²) in [5, 5.41) is 12.7. The first-order valence-corrected chi connectivity index (χ1v) is 8.44. The van der Waals surface area contributed by atoms with E-state index in [2.05, 4.69) is 5.32 Å². The average molecular weight is 316 g/mol. The van der Waals surface area contributed by atoms with E-state index in [-0.39, 0.29) is 18.4 Å². The lowest BCUT2D eigenvalue weighted by Crippen LogP contribution is -2.45. The molecule has 1 saturated carbocycles. The highest BCUT2D eigenvalue weighted by molar-refractivity contribution is 6.40. The molecule has 0 radical (unpaired) electrons. The maximum Gasteiger partial charge on any atom is 0.316 e. The minimum absolute atomic E-state index is 0.153. The van der Waals surface area contributed by atoms with Crippen molar-refractivity contribution in [3.8, 4) is 0 Å². The van der Waals surface area contributed by atoms with Crippen LogP contribution < -0.4 is 10.2 Å². The number of aliphatic hydroxyl groups excluding tert-OH is 1. The monoisotopic (exact) mass is 316 g/mol. The third-order valence-electron chi connectivity index (χ3n) is 5.07. The molecule has 0 bridgehead atoms. The molecular formula is C18H24N2O3. The van der Waals surface area contributed by atoms with E-state index in [1.165, 1.54) is 4.90 Å². The topological polar surface area (TPSA) is 69.6 Å². The van der Waals surface area contributed by atoms with Crippen LogP contribution in [-0.2, 0) is 9.59 Å². The summed E-state index contributed by atoms with van der Waals surface area (Å²) in [4.78, 5) is 26.1. The van der Waals surface area contributed by atoms with Crippen molar-refractivity contribution in [2.24, 2.45) is 5.92 Å². The summed E-state index contributed by atoms with van der Waals surface area (Å²) in [5.41, 5.74) is 1.91. The van der Waals surface area contributed by atoms with E-state index >= 15 is 0 Å². The van der Waals surface area contributed by atoms with Crippen LogP contribution in [0.3, 0.4) is 0 Å². The minimum Gasteiger partial charge on any atom is -0.391 e. The molecule has 5 heteroatoms. The van der Waals surface area contributed by atoms with Crippen LogP contribution in [0.4, 0.5) is 5.69 Å². The molecule has 1 heterocycles. The van der Waals surface area contributed by atoms with Crippen molar-refractivity contribution in [1.29, 1.82) is 0 Å². The van der Waals surface area contributed by atoms with Gasteiger partial charge in [-0.25, -0.2) is 0 Å². The third-order valence-corrected chi connectivity index (χ3v) is 5.07. The molecule has 1 aromatic carbocycles. The van der Waals surface area contributed by atoms with Crippen LogP contribution in [0.2, 0.25) is 0 Å². The van der Waals surface area contributed by atoms with Gasteiger partial charge in [0.25, 0.3) is 0 Å². The summed E-state index contributed by atoms with van der Waals surface area (Å²) in [7, 11) is 0. The maximum absolute atomic E-state index is 12.4. The summed E-state index contributed by atoms with van der Waals surface area (Å²) in [6, 6.07) is 7.69. The molecular weight excluding hydrogens is 292 g/mol. The fourth-order valence-corrected chi connectivity index (χ4v) is 3.72. The van der Waals surface area contributed by atoms with E-state index in [0.717, 1.165) is 36.9 Å². The van der Waals surface area contributed by atoms with Gasteiger partial charge < -0.3 is 15.3 Å². The smallest absolute Gasteiger partial charge is 0.316 e. The Balaban J connectivity index is 1.59. The van der Waals surface area contributed by atoms with Gasteiger partial charge in [0.05, 0.1) is 6.10 Å². The predicted octanol–water partition coefficient (Wildman–Crippen LogP) is 1.80. The largest absolute Gasteiger partial charge is 0.391 e. The van der Waals surface area contributed by atoms with Crippen molar-refractivity contribution in [2.45, 2.75) is 44.6 Å². The first kappa shape index (κ1) is 16.0. The molecule has 1 aliphatic heterocycles. The Hall–Kier alpha value is -1.88. The van der Waals surface area contributed by atoms with Gasteiger partial charge in [-0.15, -0.1) is 0 Å². The highest BCUT2D eigenvalue weighted by Crippen LogP contribution is 2.35. The summed E-state index contributed by atoms with van der Waals surface area (Å²) in [6.45, 7) is 2.73. The number of carbonyl (C=O) groups is 2. The third kappa shape index (κ3) is 3.24. The lowest BCUT2D eigenvalue weighted by Gasteiger charge is -2.20. The Labute approximate surface area is 136 Å². The first-order chi connectivity index (χ1) is 11.1. The number of fused-ring (bicyclic) bond motifs is 1. The molecule has 2 aliphatic rings. The highest BCUT2D eigenvalue weighted by Gasteiger charge is 2.33. The van der Waals surface area contributed by atoms with E-state index in [1.807, 2.05) is 31.2 Å². The second-order valence-electron chi connectivity index (χ2n) is 6.70. The fourth-order valence-electron chi connectivity index (χ4n) is 3.72. The lowest BCUT2D eigenvalue weighted by molar-refractivity contribution is -0.137. The number of aliphatic hydroxyl groups is 1. The van der Waals surface area contributed by atoms with Crippen molar-refractivity contribution in [3.05, 3.63) is 29.8 Å². The number of amides is 2. The quantitative estimate of drug-likeness (QED) is 0.836. The zero-order valence-electron chi connectivity index (χ0n) is 13.5. The molecule has 2 atom stereocenters. The van der Waals surface area contributed by atoms with Gasteiger partial charge in [0.2, 0.25) is 0 Å². The fraction of sp³-hybridized carbons (Fsp3) is 0.556. The van der Waals surface area contributed by atoms with Crippen LogP contribution in [0.15, 0.2) is 24.3 Å². The number of benzene rings is 1. The van der Waals surface area contributed by atoms with Gasteiger partial charge in [-0.1, -0.05) is 38.0 Å². The molecule has 2 unspecified atom stereocenters. The van der Waals surface area contributed by atoms with Gasteiger partial charge in [-0.2, -0.15) is 0 Å². The summed E-state index contributed by atoms with van der Waals surface area (Å²) < 4.78 is 0. The molecule has 0 saturated heterocycles. The number of para-hydroxylation sites is 1. The molecule has 1 fully saturated rings. The lowest BCUT2D eigenvalue weighted by atomic mass is 10.0. The normalized spacial score (nSPS) is 22.0. The van der Waals surface area contributed by atoms with Crippen molar-refractivity contribution >= 4 is 17.5 Å². The van der Waals surface area contributed by atoms with E-state index in [9.17, 15) is 14.7 Å². The number of nitrogens with zero attached hydrogens (tertiary/aromatic N) is 1. The summed E-state index contributed by atoms with van der Waals surface area (Å²) >= 11 is 0. The van der Waals surface area contributed by atoms with Crippen molar-refractivity contribution in [2.75, 3.05) is 18.0 Å². The molecule has 1 aromatic rings. The molecule has 0 spiro atoms. The van der Waals surface area contributed by atoms with Crippen LogP contribution in [0.5, 0.6) is 0 Å². The Kier molecular flexibility index (Phi) is 4.66. The van der Waals surface area contributed by atoms with Crippen LogP contribution in [0.1, 0.15) is 44.1 Å². The first-order valence-electron chi connectivity index (χ1n) is 8.44. The van der Waals surface area contributed by atoms with Crippen LogP contribution in [0, 0.1) is 5.92 Å². The number of anilines is 1. The minimum atomic E-state index is -0.633. The Morgan fingerprint density at radius 2 is 2.00 bits per heavy atom. The predicted molar refractivity (Wildman–Crippen MR) is 88.2 cm³/mol. The molecule has 23 heavy (non-hydrogen) atoms. The van der Waals surface area contributed by atoms with Crippen molar-refractivity contribution in [3.63, 3.8) is 0 Å². The zero-order chi connectivity index (χ0) is 16.4. The number of hydrogen-bond donors (Lipinski definition) is 2. The van der Waals surface area contributed by atoms with E-state index in [1.54, 1.807) is 0 Å². The van der Waals surface area contributed by atoms with E-state index < -0.39 is 17.9 Å². The molecule has 1 aliphatic carbocycles. The molecule has 124 valence electrons. The van der Waals surface area contributed by atoms with Crippen LogP contribution >= 0.6 is 0 Å². The molecule has 2 amide bonds. The second kappa shape index (κ2) is 6.71. The van der Waals surface area contributed by atoms with Gasteiger partial charge in [-0.05, 0) is 30.4 Å². The average Bonchev–Trinajstić information content (AvgIpc) is 3.20. The Morgan fingerprint density at radius 3 is 2.74 bits per heavy atom. The number of rotatable bonds is 3. The van der Waals surface area contributed by atoms with E-state index in [4.69, 9.17) is 0 Å². The highest BCUT2D eigenvalue weighted by atomic mass is 16.3. The van der Waals surface area contributed by atoms with Gasteiger partial charge in [0, 0.05) is 24.7 Å². The standard InChI is InChI=1S/C18H24N2O3/c1-12-11-20(15-9-5-4-8-14(12)15)18(23)17(22)19-10-16(21)13-6-2-3-7-13/h4-5,8-9,12-13,16,21H,2-3,6-7,10-11H2,1H3,(H,19,22). The number of nitrogens with one attached hydrogen (secondary N) is 1. The van der Waals surface area contributed by atoms with Crippen molar-refractivity contribution in [1.82, 2.24) is 5.32 Å². The van der Waals surface area contributed by atoms with E-state index in [0.29, 0.717) is 6.54 Å². The van der Waals surface area contributed by atoms with Gasteiger partial charge in [-0.3, -0.25) is 9.59 Å². The zero-order valence-corrected chi connectivity index (χ0v) is 13.5. The van der Waals surface area contributed by atoms with Crippen LogP contribution in [-0.4, -0.2) is 36.1 Å². The molecule has 0 aromatic heterocycles. The SMILES string of the molecule is CC1CN(C(=O)C(=O)NCC(O)C2CCCC2)c2ccccc21. The van der Waals surface area contributed by atoms with Crippen LogP contribution in [0.25, 0.3) is 0 Å². The number of carbonyl (C=O) groups excluding carboxylic acids is 2. The summed E-state index contributed by atoms with van der Waals surface area (Å²) in [6.07, 6.45) is 3.72. The molecule has 2 N–H and O–H groups in total. The molecule has 3 rings (SSSR count). The van der Waals surface area contributed by atoms with Gasteiger partial charge >= 0.3 is 11.8 Å². The number of hydrogen-bond acceptors (Lipinski definition) is 3. The summed E-state index contributed by atoms with van der Waals surface area (Å²) in [5.74, 6) is -0.698. The maximum atomic E-state index is 12.4. The van der Waals surface area contributed by atoms with Gasteiger partial charge in [0.15, 0.2) is 0 Å².